The van der Waals surface area contributed by atoms with Crippen molar-refractivity contribution >= 4 is 34.6 Å². The van der Waals surface area contributed by atoms with Crippen molar-refractivity contribution in [3.63, 3.8) is 0 Å². The first-order valence-electron chi connectivity index (χ1n) is 7.35. The Labute approximate surface area is 148 Å². The van der Waals surface area contributed by atoms with Gasteiger partial charge in [-0.15, -0.1) is 0 Å². The summed E-state index contributed by atoms with van der Waals surface area (Å²) in [6.45, 7) is -0.155. The van der Waals surface area contributed by atoms with Crippen LogP contribution < -0.4 is 10.1 Å². The van der Waals surface area contributed by atoms with Gasteiger partial charge in [-0.3, -0.25) is 4.79 Å². The maximum atomic E-state index is 11.9. The quantitative estimate of drug-likeness (QED) is 0.685. The third-order valence-electron chi connectivity index (χ3n) is 3.45. The van der Waals surface area contributed by atoms with Gasteiger partial charge in [-0.2, -0.15) is 0 Å². The second kappa shape index (κ2) is 7.19. The summed E-state index contributed by atoms with van der Waals surface area (Å²) in [5.74, 6) is 0.162. The van der Waals surface area contributed by atoms with Crippen molar-refractivity contribution in [1.82, 2.24) is 10.3 Å². The fourth-order valence-corrected chi connectivity index (χ4v) is 2.39. The van der Waals surface area contributed by atoms with Gasteiger partial charge in [0.1, 0.15) is 17.8 Å². The maximum absolute atomic E-state index is 11.9. The van der Waals surface area contributed by atoms with Gasteiger partial charge in [0.15, 0.2) is 11.4 Å². The minimum atomic E-state index is -0.629. The van der Waals surface area contributed by atoms with E-state index >= 15 is 0 Å². The van der Waals surface area contributed by atoms with Crippen LogP contribution in [0.4, 0.5) is 0 Å². The average Bonchev–Trinajstić information content (AvgIpc) is 2.62. The molecule has 0 atom stereocenters. The summed E-state index contributed by atoms with van der Waals surface area (Å²) in [5, 5.41) is 14.4. The highest BCUT2D eigenvalue weighted by Gasteiger charge is 2.16. The molecule has 0 unspecified atom stereocenters. The third kappa shape index (κ3) is 3.70. The zero-order chi connectivity index (χ0) is 17.8. The van der Waals surface area contributed by atoms with Gasteiger partial charge in [0.2, 0.25) is 0 Å². The maximum Gasteiger partial charge on any atom is 0.274 e. The third-order valence-corrected chi connectivity index (χ3v) is 3.70. The summed E-state index contributed by atoms with van der Waals surface area (Å²) in [5.41, 5.74) is -0.155. The Kier molecular flexibility index (Phi) is 4.81. The predicted octanol–water partition coefficient (Wildman–Crippen LogP) is 3.31. The van der Waals surface area contributed by atoms with Crippen LogP contribution in [0.1, 0.15) is 10.5 Å². The van der Waals surface area contributed by atoms with Crippen LogP contribution in [0.3, 0.4) is 0 Å². The number of amides is 1. The number of hydrogen-bond acceptors (Lipinski definition) is 5. The van der Waals surface area contributed by atoms with E-state index in [-0.39, 0.29) is 18.0 Å². The number of nitrogens with zero attached hydrogens (tertiary/aromatic N) is 1. The van der Waals surface area contributed by atoms with E-state index in [0.717, 1.165) is 0 Å². The summed E-state index contributed by atoms with van der Waals surface area (Å²) in [6.07, 6.45) is 2.02. The van der Waals surface area contributed by atoms with Crippen LogP contribution in [0.15, 0.2) is 48.7 Å². The lowest BCUT2D eigenvalue weighted by molar-refractivity contribution is -0.107. The molecule has 3 aromatic rings. The normalized spacial score (nSPS) is 10.4. The van der Waals surface area contributed by atoms with Crippen molar-refractivity contribution in [3.8, 4) is 17.2 Å². The number of aldehydes is 1. The molecule has 0 aliphatic heterocycles. The van der Waals surface area contributed by atoms with E-state index in [1.54, 1.807) is 42.5 Å². The molecular weight excluding hydrogens is 344 g/mol. The van der Waals surface area contributed by atoms with E-state index in [0.29, 0.717) is 33.6 Å². The van der Waals surface area contributed by atoms with Crippen LogP contribution in [0.25, 0.3) is 10.8 Å². The number of halogens is 1. The van der Waals surface area contributed by atoms with Crippen molar-refractivity contribution in [3.05, 3.63) is 59.4 Å². The highest BCUT2D eigenvalue weighted by Crippen LogP contribution is 2.32. The van der Waals surface area contributed by atoms with Crippen LogP contribution in [-0.2, 0) is 4.79 Å². The van der Waals surface area contributed by atoms with E-state index in [1.165, 1.54) is 6.20 Å². The van der Waals surface area contributed by atoms with Gasteiger partial charge in [0.05, 0.1) is 6.54 Å². The summed E-state index contributed by atoms with van der Waals surface area (Å²) < 4.78 is 5.72. The number of carbonyl (C=O) groups is 2. The zero-order valence-corrected chi connectivity index (χ0v) is 13.7. The number of pyridine rings is 1. The van der Waals surface area contributed by atoms with Crippen LogP contribution in [0.2, 0.25) is 5.02 Å². The van der Waals surface area contributed by atoms with Gasteiger partial charge < -0.3 is 20.0 Å². The van der Waals surface area contributed by atoms with E-state index in [4.69, 9.17) is 16.3 Å². The molecule has 126 valence electrons. The zero-order valence-electron chi connectivity index (χ0n) is 12.9. The molecule has 0 radical (unpaired) electrons. The molecule has 3 rings (SSSR count). The van der Waals surface area contributed by atoms with Crippen LogP contribution in [-0.4, -0.2) is 28.8 Å². The van der Waals surface area contributed by atoms with Crippen LogP contribution >= 0.6 is 11.6 Å². The number of carbonyl (C=O) groups excluding carboxylic acids is 2. The van der Waals surface area contributed by atoms with E-state index in [9.17, 15) is 14.7 Å². The van der Waals surface area contributed by atoms with E-state index in [2.05, 4.69) is 10.3 Å². The number of aromatic hydroxyl groups is 1. The highest BCUT2D eigenvalue weighted by atomic mass is 35.5. The lowest BCUT2D eigenvalue weighted by Gasteiger charge is -2.10. The largest absolute Gasteiger partial charge is 0.505 e. The van der Waals surface area contributed by atoms with Gasteiger partial charge in [-0.05, 0) is 42.5 Å². The number of fused-ring (bicyclic) bond motifs is 1. The molecule has 7 heteroatoms. The Morgan fingerprint density at radius 1 is 1.20 bits per heavy atom. The monoisotopic (exact) mass is 356 g/mol. The molecule has 0 fully saturated rings. The number of aromatic nitrogens is 1. The predicted molar refractivity (Wildman–Crippen MR) is 93.3 cm³/mol. The molecule has 2 N–H and O–H groups in total. The van der Waals surface area contributed by atoms with Crippen molar-refractivity contribution < 1.29 is 19.4 Å². The number of benzene rings is 2. The standard InChI is InChI=1S/C18H13ClN2O4/c19-12-2-5-13(6-3-12)25-14-4-1-11-10-21-16(17(23)15(11)9-14)18(24)20-7-8-22/h1-6,8-10,23H,7H2,(H,20,24). The number of nitrogens with one attached hydrogen (secondary N) is 1. The average molecular weight is 357 g/mol. The van der Waals surface area contributed by atoms with Crippen molar-refractivity contribution in [2.45, 2.75) is 0 Å². The second-order valence-electron chi connectivity index (χ2n) is 5.14. The first-order valence-corrected chi connectivity index (χ1v) is 7.73. The smallest absolute Gasteiger partial charge is 0.274 e. The summed E-state index contributed by atoms with van der Waals surface area (Å²) in [6, 6.07) is 11.9. The summed E-state index contributed by atoms with van der Waals surface area (Å²) >= 11 is 5.84. The molecule has 25 heavy (non-hydrogen) atoms. The van der Waals surface area contributed by atoms with Gasteiger partial charge in [-0.1, -0.05) is 11.6 Å². The minimum Gasteiger partial charge on any atom is -0.505 e. The fourth-order valence-electron chi connectivity index (χ4n) is 2.26. The Hall–Kier alpha value is -3.12. The van der Waals surface area contributed by atoms with Crippen LogP contribution in [0.5, 0.6) is 17.2 Å². The first-order chi connectivity index (χ1) is 12.1. The first kappa shape index (κ1) is 16.7. The summed E-state index contributed by atoms with van der Waals surface area (Å²) in [7, 11) is 0. The second-order valence-corrected chi connectivity index (χ2v) is 5.57. The molecule has 1 amide bonds. The van der Waals surface area contributed by atoms with E-state index < -0.39 is 5.91 Å². The number of rotatable bonds is 5. The van der Waals surface area contributed by atoms with Gasteiger partial charge in [0, 0.05) is 22.0 Å². The molecule has 0 aliphatic rings. The lowest BCUT2D eigenvalue weighted by atomic mass is 10.1. The lowest BCUT2D eigenvalue weighted by Crippen LogP contribution is -2.26. The Morgan fingerprint density at radius 2 is 1.92 bits per heavy atom. The van der Waals surface area contributed by atoms with Crippen molar-refractivity contribution in [2.24, 2.45) is 0 Å². The summed E-state index contributed by atoms with van der Waals surface area (Å²) in [4.78, 5) is 26.2. The topological polar surface area (TPSA) is 88.5 Å². The Bertz CT molecular complexity index is 942. The molecule has 2 aromatic carbocycles. The number of ether oxygens (including phenoxy) is 1. The molecule has 0 spiro atoms. The number of hydrogen-bond donors (Lipinski definition) is 2. The Morgan fingerprint density at radius 3 is 2.64 bits per heavy atom. The molecule has 1 aromatic heterocycles. The molecule has 0 aliphatic carbocycles. The van der Waals surface area contributed by atoms with Gasteiger partial charge in [0.25, 0.3) is 5.91 Å². The van der Waals surface area contributed by atoms with Gasteiger partial charge in [-0.25, -0.2) is 4.98 Å². The van der Waals surface area contributed by atoms with Gasteiger partial charge >= 0.3 is 0 Å². The van der Waals surface area contributed by atoms with Crippen molar-refractivity contribution in [1.29, 1.82) is 0 Å². The molecule has 1 heterocycles. The fraction of sp³-hybridized carbons (Fsp3) is 0.0556. The molecule has 6 nitrogen and oxygen atoms in total. The Balaban J connectivity index is 1.94. The van der Waals surface area contributed by atoms with Crippen LogP contribution in [0, 0.1) is 0 Å². The molecular formula is C18H13ClN2O4. The molecule has 0 saturated heterocycles. The van der Waals surface area contributed by atoms with Crippen molar-refractivity contribution in [2.75, 3.05) is 6.54 Å². The molecule has 0 bridgehead atoms. The van der Waals surface area contributed by atoms with E-state index in [1.807, 2.05) is 0 Å². The minimum absolute atomic E-state index is 0.155. The molecule has 0 saturated carbocycles. The highest BCUT2D eigenvalue weighted by molar-refractivity contribution is 6.30. The SMILES string of the molecule is O=CCNC(=O)c1ncc2ccc(Oc3ccc(Cl)cc3)cc2c1O.